The number of nitrogens with one attached hydrogen (secondary N) is 1. The summed E-state index contributed by atoms with van der Waals surface area (Å²) < 4.78 is 41.9. The Morgan fingerprint density at radius 2 is 1.77 bits per heavy atom. The van der Waals surface area contributed by atoms with E-state index in [1.165, 1.54) is 17.7 Å². The van der Waals surface area contributed by atoms with Crippen molar-refractivity contribution in [1.29, 1.82) is 0 Å². The maximum absolute atomic E-state index is 12.7. The number of ether oxygens (including phenoxy) is 1. The number of alkyl halides is 3. The monoisotopic (exact) mass is 559 g/mol. The summed E-state index contributed by atoms with van der Waals surface area (Å²) in [6.45, 7) is 9.28. The molecule has 1 amide bonds. The Morgan fingerprint density at radius 1 is 1.10 bits per heavy atom. The molecule has 1 aliphatic rings. The predicted molar refractivity (Wildman–Crippen MR) is 151 cm³/mol. The van der Waals surface area contributed by atoms with Crippen LogP contribution in [0.15, 0.2) is 59.3 Å². The van der Waals surface area contributed by atoms with Gasteiger partial charge in [0.2, 0.25) is 0 Å². The standard InChI is InChI=1S/C30H36F3N3O2S/c1-21-5-4-6-22(2)28(21)29(37)34-15-11-23(3)35-16-12-26(13-17-35)36(19-24-14-18-39-20-24)25-7-9-27(10-8-25)38-30(31,32)33/h4-10,14,18,20,23,26H,11-13,15-17,19H2,1-3H3,(H,34,37). The highest BCUT2D eigenvalue weighted by atomic mass is 32.1. The van der Waals surface area contributed by atoms with Gasteiger partial charge in [-0.15, -0.1) is 13.2 Å². The molecule has 1 N–H and O–H groups in total. The molecule has 3 aromatic rings. The maximum Gasteiger partial charge on any atom is 0.573 e. The van der Waals surface area contributed by atoms with Crippen LogP contribution in [0.2, 0.25) is 0 Å². The highest BCUT2D eigenvalue weighted by Crippen LogP contribution is 2.30. The average molecular weight is 560 g/mol. The van der Waals surface area contributed by atoms with Gasteiger partial charge >= 0.3 is 6.36 Å². The van der Waals surface area contributed by atoms with Gasteiger partial charge in [-0.05, 0) is 97.8 Å². The van der Waals surface area contributed by atoms with E-state index >= 15 is 0 Å². The summed E-state index contributed by atoms with van der Waals surface area (Å²) in [7, 11) is 0. The van der Waals surface area contributed by atoms with Gasteiger partial charge < -0.3 is 19.9 Å². The number of carbonyl (C=O) groups is 1. The molecule has 39 heavy (non-hydrogen) atoms. The summed E-state index contributed by atoms with van der Waals surface area (Å²) in [5, 5.41) is 7.24. The van der Waals surface area contributed by atoms with Crippen LogP contribution in [0.3, 0.4) is 0 Å². The first-order valence-corrected chi connectivity index (χ1v) is 14.3. The molecule has 1 aliphatic heterocycles. The third-order valence-corrected chi connectivity index (χ3v) is 8.19. The van der Waals surface area contributed by atoms with E-state index in [-0.39, 0.29) is 17.7 Å². The second-order valence-corrected chi connectivity index (χ2v) is 11.0. The molecule has 4 rings (SSSR count). The normalized spacial score (nSPS) is 15.6. The maximum atomic E-state index is 12.7. The van der Waals surface area contributed by atoms with Crippen molar-refractivity contribution in [3.63, 3.8) is 0 Å². The lowest BCUT2D eigenvalue weighted by molar-refractivity contribution is -0.274. The number of rotatable bonds is 10. The fourth-order valence-electron chi connectivity index (χ4n) is 5.33. The number of aryl methyl sites for hydroxylation is 2. The van der Waals surface area contributed by atoms with Crippen LogP contribution in [0.1, 0.15) is 53.2 Å². The molecule has 1 atom stereocenters. The third-order valence-electron chi connectivity index (χ3n) is 7.45. The van der Waals surface area contributed by atoms with Crippen molar-refractivity contribution in [3.8, 4) is 5.75 Å². The first kappa shape index (κ1) is 29.0. The van der Waals surface area contributed by atoms with Crippen LogP contribution < -0.4 is 15.0 Å². The molecule has 0 bridgehead atoms. The number of hydrogen-bond acceptors (Lipinski definition) is 5. The number of anilines is 1. The molecule has 0 aliphatic carbocycles. The Balaban J connectivity index is 1.32. The number of piperidine rings is 1. The van der Waals surface area contributed by atoms with E-state index in [0.717, 1.165) is 54.7 Å². The first-order chi connectivity index (χ1) is 18.6. The quantitative estimate of drug-likeness (QED) is 0.292. The minimum absolute atomic E-state index is 0.0211. The molecule has 2 aromatic carbocycles. The van der Waals surface area contributed by atoms with Crippen LogP contribution in [-0.4, -0.2) is 48.9 Å². The second kappa shape index (κ2) is 12.9. The lowest BCUT2D eigenvalue weighted by Crippen LogP contribution is -2.48. The van der Waals surface area contributed by atoms with E-state index in [4.69, 9.17) is 0 Å². The van der Waals surface area contributed by atoms with E-state index < -0.39 is 6.36 Å². The Bertz CT molecular complexity index is 1190. The van der Waals surface area contributed by atoms with Crippen molar-refractivity contribution in [2.75, 3.05) is 24.5 Å². The topological polar surface area (TPSA) is 44.8 Å². The fourth-order valence-corrected chi connectivity index (χ4v) is 5.99. The van der Waals surface area contributed by atoms with Crippen molar-refractivity contribution < 1.29 is 22.7 Å². The highest BCUT2D eigenvalue weighted by molar-refractivity contribution is 7.07. The summed E-state index contributed by atoms with van der Waals surface area (Å²) in [5.74, 6) is -0.234. The molecule has 5 nitrogen and oxygen atoms in total. The van der Waals surface area contributed by atoms with Crippen molar-refractivity contribution in [3.05, 3.63) is 81.5 Å². The summed E-state index contributed by atoms with van der Waals surface area (Å²) in [6, 6.07) is 14.7. The molecule has 1 saturated heterocycles. The zero-order valence-corrected chi connectivity index (χ0v) is 23.4. The molecule has 1 unspecified atom stereocenters. The van der Waals surface area contributed by atoms with Gasteiger partial charge in [0.1, 0.15) is 5.75 Å². The molecular weight excluding hydrogens is 523 g/mol. The predicted octanol–water partition coefficient (Wildman–Crippen LogP) is 6.94. The van der Waals surface area contributed by atoms with Crippen LogP contribution in [-0.2, 0) is 6.54 Å². The summed E-state index contributed by atoms with van der Waals surface area (Å²) in [6.07, 6.45) is -1.95. The molecule has 9 heteroatoms. The Kier molecular flexibility index (Phi) is 9.56. The van der Waals surface area contributed by atoms with Crippen molar-refractivity contribution in [2.24, 2.45) is 0 Å². The molecule has 0 radical (unpaired) electrons. The van der Waals surface area contributed by atoms with Gasteiger partial charge in [0.25, 0.3) is 5.91 Å². The minimum atomic E-state index is -4.70. The van der Waals surface area contributed by atoms with E-state index in [1.807, 2.05) is 37.4 Å². The summed E-state index contributed by atoms with van der Waals surface area (Å²) >= 11 is 1.64. The van der Waals surface area contributed by atoms with Crippen LogP contribution in [0.25, 0.3) is 0 Å². The molecule has 1 aromatic heterocycles. The molecule has 0 saturated carbocycles. The number of nitrogens with zero attached hydrogens (tertiary/aromatic N) is 2. The number of likely N-dealkylation sites (tertiary alicyclic amines) is 1. The number of thiophene rings is 1. The van der Waals surface area contributed by atoms with Crippen LogP contribution in [0, 0.1) is 13.8 Å². The first-order valence-electron chi connectivity index (χ1n) is 13.3. The van der Waals surface area contributed by atoms with Crippen molar-refractivity contribution in [2.45, 2.75) is 65.0 Å². The smallest absolute Gasteiger partial charge is 0.406 e. The van der Waals surface area contributed by atoms with Crippen LogP contribution in [0.4, 0.5) is 18.9 Å². The number of carbonyl (C=O) groups excluding carboxylic acids is 1. The van der Waals surface area contributed by atoms with Crippen molar-refractivity contribution in [1.82, 2.24) is 10.2 Å². The van der Waals surface area contributed by atoms with E-state index in [2.05, 4.69) is 38.2 Å². The zero-order valence-electron chi connectivity index (χ0n) is 22.6. The van der Waals surface area contributed by atoms with E-state index in [1.54, 1.807) is 23.5 Å². The van der Waals surface area contributed by atoms with E-state index in [9.17, 15) is 18.0 Å². The van der Waals surface area contributed by atoms with Gasteiger partial charge in [0, 0.05) is 49.5 Å². The molecule has 1 fully saturated rings. The lowest BCUT2D eigenvalue weighted by Gasteiger charge is -2.42. The third kappa shape index (κ3) is 7.99. The average Bonchev–Trinajstić information content (AvgIpc) is 3.40. The number of hydrogen-bond donors (Lipinski definition) is 1. The SMILES string of the molecule is Cc1cccc(C)c1C(=O)NCCC(C)N1CCC(N(Cc2ccsc2)c2ccc(OC(F)(F)F)cc2)CC1. The van der Waals surface area contributed by atoms with Gasteiger partial charge in [-0.2, -0.15) is 11.3 Å². The van der Waals surface area contributed by atoms with Gasteiger partial charge in [0.05, 0.1) is 0 Å². The zero-order chi connectivity index (χ0) is 28.0. The Labute approximate surface area is 232 Å². The molecule has 2 heterocycles. The number of amides is 1. The summed E-state index contributed by atoms with van der Waals surface area (Å²) in [5.41, 5.74) is 4.80. The van der Waals surface area contributed by atoms with Crippen LogP contribution in [0.5, 0.6) is 5.75 Å². The van der Waals surface area contributed by atoms with E-state index in [0.29, 0.717) is 19.1 Å². The largest absolute Gasteiger partial charge is 0.573 e. The second-order valence-electron chi connectivity index (χ2n) is 10.2. The highest BCUT2D eigenvalue weighted by Gasteiger charge is 2.31. The summed E-state index contributed by atoms with van der Waals surface area (Å²) in [4.78, 5) is 17.5. The van der Waals surface area contributed by atoms with Gasteiger partial charge in [-0.3, -0.25) is 4.79 Å². The van der Waals surface area contributed by atoms with Gasteiger partial charge in [-0.25, -0.2) is 0 Å². The molecule has 0 spiro atoms. The molecule has 210 valence electrons. The number of benzene rings is 2. The van der Waals surface area contributed by atoms with Crippen molar-refractivity contribution >= 4 is 22.9 Å². The Hall–Kier alpha value is -3.04. The fraction of sp³-hybridized carbons (Fsp3) is 0.433. The molecular formula is C30H36F3N3O2S. The Morgan fingerprint density at radius 3 is 2.36 bits per heavy atom. The van der Waals surface area contributed by atoms with Gasteiger partial charge in [-0.1, -0.05) is 18.2 Å². The lowest BCUT2D eigenvalue weighted by atomic mass is 9.99. The van der Waals surface area contributed by atoms with Gasteiger partial charge in [0.15, 0.2) is 0 Å². The minimum Gasteiger partial charge on any atom is -0.406 e. The van der Waals surface area contributed by atoms with Crippen LogP contribution >= 0.6 is 11.3 Å². The number of halogens is 3.